The number of rotatable bonds is 15. The number of hydrogen-bond acceptors (Lipinski definition) is 16. The highest BCUT2D eigenvalue weighted by Gasteiger charge is 2.37. The minimum atomic E-state index is -0.364. The molecule has 4 aliphatic heterocycles. The Hall–Kier alpha value is -9.46. The van der Waals surface area contributed by atoms with Gasteiger partial charge in [0.25, 0.3) is 5.56 Å². The molecular weight excluding hydrogens is 1340 g/mol. The number of nitrogens with zero attached hydrogens (tertiary/aromatic N) is 14. The van der Waals surface area contributed by atoms with Crippen LogP contribution in [0.1, 0.15) is 157 Å². The van der Waals surface area contributed by atoms with Crippen molar-refractivity contribution < 1.29 is 47.6 Å². The molecule has 9 aromatic rings. The van der Waals surface area contributed by atoms with Gasteiger partial charge in [-0.3, -0.25) is 33.9 Å². The number of Topliss-reactive ketones (excluding diaryl/α,β-unsaturated/α-hetero) is 1. The van der Waals surface area contributed by atoms with Gasteiger partial charge in [-0.1, -0.05) is 12.1 Å². The fourth-order valence-corrected chi connectivity index (χ4v) is 17.0. The van der Waals surface area contributed by atoms with Crippen LogP contribution in [0.3, 0.4) is 0 Å². The summed E-state index contributed by atoms with van der Waals surface area (Å²) in [6.07, 6.45) is 18.5. The molecule has 4 atom stereocenters. The summed E-state index contributed by atoms with van der Waals surface area (Å²) >= 11 is 0. The molecule has 6 aliphatic rings. The van der Waals surface area contributed by atoms with Gasteiger partial charge in [0.1, 0.15) is 29.1 Å². The number of aliphatic hydroxyl groups excluding tert-OH is 1. The number of halogens is 1. The number of amides is 3. The van der Waals surface area contributed by atoms with Crippen molar-refractivity contribution in [2.24, 2.45) is 5.92 Å². The van der Waals surface area contributed by atoms with Crippen LogP contribution in [-0.2, 0) is 75.5 Å². The zero-order valence-electron chi connectivity index (χ0n) is 62.4. The lowest BCUT2D eigenvalue weighted by atomic mass is 9.83. The molecule has 1 N–H and O–H groups in total. The Bertz CT molecular complexity index is 4670. The van der Waals surface area contributed by atoms with E-state index in [1.54, 1.807) is 61.7 Å². The van der Waals surface area contributed by atoms with E-state index in [1.165, 1.54) is 21.3 Å². The molecule has 0 unspecified atom stereocenters. The molecule has 0 radical (unpaired) electrons. The van der Waals surface area contributed by atoms with Crippen LogP contribution in [0, 0.1) is 11.7 Å². The van der Waals surface area contributed by atoms with Gasteiger partial charge in [-0.15, -0.1) is 0 Å². The van der Waals surface area contributed by atoms with E-state index >= 15 is 0 Å². The molecule has 0 spiro atoms. The Kier molecular flexibility index (Phi) is 22.6. The monoisotopic (exact) mass is 1440 g/mol. The third-order valence-corrected chi connectivity index (χ3v) is 22.8. The Balaban J connectivity index is 0.000000140. The Labute approximate surface area is 612 Å². The number of methoxy groups -OCH3 is 3. The number of carbonyl (C=O) groups excluding carboxylic acids is 4. The van der Waals surface area contributed by atoms with E-state index in [0.717, 1.165) is 225 Å². The second kappa shape index (κ2) is 32.1. The van der Waals surface area contributed by atoms with E-state index in [-0.39, 0.29) is 77.7 Å². The smallest absolute Gasteiger partial charge is 0.414 e. The van der Waals surface area contributed by atoms with Crippen LogP contribution in [0.4, 0.5) is 41.5 Å². The summed E-state index contributed by atoms with van der Waals surface area (Å²) in [6, 6.07) is 25.8. The number of pyridine rings is 1. The number of ether oxygens (including phenoxy) is 4. The number of imidazole rings is 3. The van der Waals surface area contributed by atoms with Crippen molar-refractivity contribution in [3.05, 3.63) is 153 Å². The summed E-state index contributed by atoms with van der Waals surface area (Å²) in [5.74, 6) is 2.91. The van der Waals surface area contributed by atoms with Crippen molar-refractivity contribution in [1.29, 1.82) is 0 Å². The Morgan fingerprint density at radius 1 is 0.610 bits per heavy atom. The van der Waals surface area contributed by atoms with Gasteiger partial charge in [0.05, 0.1) is 96.4 Å². The van der Waals surface area contributed by atoms with Crippen LogP contribution < -0.4 is 25.2 Å². The molecular formula is C80H101FN14O10. The summed E-state index contributed by atoms with van der Waals surface area (Å²) in [6.45, 7) is 12.4. The number of hydrogen-bond donors (Lipinski definition) is 1. The first-order valence-electron chi connectivity index (χ1n) is 37.5. The van der Waals surface area contributed by atoms with E-state index in [2.05, 4.69) is 55.9 Å². The first-order valence-corrected chi connectivity index (χ1v) is 37.5. The number of carbonyl (C=O) groups is 4. The van der Waals surface area contributed by atoms with Gasteiger partial charge in [-0.25, -0.2) is 33.7 Å². The average Bonchev–Trinajstić information content (AvgIpc) is 1.67. The van der Waals surface area contributed by atoms with Crippen molar-refractivity contribution in [2.75, 3.05) is 81.8 Å². The molecule has 105 heavy (non-hydrogen) atoms. The van der Waals surface area contributed by atoms with Gasteiger partial charge >= 0.3 is 18.3 Å². The molecule has 25 heteroatoms. The first-order chi connectivity index (χ1) is 50.7. The molecule has 15 rings (SSSR count). The lowest BCUT2D eigenvalue weighted by molar-refractivity contribution is -0.121. The fraction of sp³-hybridized carbons (Fsp3) is 0.512. The maximum atomic E-state index is 14.8. The van der Waals surface area contributed by atoms with Crippen LogP contribution in [0.5, 0.6) is 0 Å². The van der Waals surface area contributed by atoms with Crippen molar-refractivity contribution in [2.45, 2.75) is 199 Å². The summed E-state index contributed by atoms with van der Waals surface area (Å²) in [7, 11) is 10.1. The molecule has 9 heterocycles. The molecule has 3 amide bonds. The third-order valence-electron chi connectivity index (χ3n) is 22.8. The van der Waals surface area contributed by atoms with E-state index in [1.807, 2.05) is 81.3 Å². The largest absolute Gasteiger partial charge is 0.452 e. The highest BCUT2D eigenvalue weighted by Crippen LogP contribution is 2.44. The number of aryl methyl sites for hydroxylation is 5. The molecule has 3 fully saturated rings. The normalized spacial score (nSPS) is 21.5. The lowest BCUT2D eigenvalue weighted by Crippen LogP contribution is -2.42. The number of likely N-dealkylation sites (N-methyl/N-ethyl adjacent to an activating group) is 1. The topological polar surface area (TPSA) is 235 Å². The van der Waals surface area contributed by atoms with Crippen molar-refractivity contribution in [3.63, 3.8) is 0 Å². The van der Waals surface area contributed by atoms with Crippen LogP contribution >= 0.6 is 0 Å². The predicted molar refractivity (Wildman–Crippen MR) is 404 cm³/mol. The maximum absolute atomic E-state index is 14.8. The van der Waals surface area contributed by atoms with Gasteiger partial charge in [-0.05, 0) is 197 Å². The predicted octanol–water partition coefficient (Wildman–Crippen LogP) is 12.8. The zero-order valence-corrected chi connectivity index (χ0v) is 62.4. The van der Waals surface area contributed by atoms with Crippen molar-refractivity contribution >= 4 is 79.9 Å². The second-order valence-corrected chi connectivity index (χ2v) is 29.6. The third kappa shape index (κ3) is 15.2. The molecule has 24 nitrogen and oxygen atoms in total. The summed E-state index contributed by atoms with van der Waals surface area (Å²) in [5, 5.41) is 14.4. The van der Waals surface area contributed by atoms with Gasteiger partial charge < -0.3 is 47.2 Å². The number of ketones is 1. The SMILES string of the molecule is COC(=O)N1c2ccc3c(nc(CCn4cccn4)n3CCN(C)[C@H]3CCOC3)c2CC[C@@H]1C.COC(=O)N1c2ccc3c(nc(Cc4ccc(N(C)C)c(F)c4)n3C3CCC(C(C)=O)CC3)c2CC[C@@H]1C.COC(=O)N1c2ccc3c(nc(Cn4ccccc4=O)n3C3CCC(O)CC3)c2CC[C@@H]1C. The Morgan fingerprint density at radius 2 is 1.14 bits per heavy atom. The van der Waals surface area contributed by atoms with Gasteiger partial charge in [0.15, 0.2) is 0 Å². The summed E-state index contributed by atoms with van der Waals surface area (Å²) in [5.41, 5.74) is 13.2. The van der Waals surface area contributed by atoms with Crippen molar-refractivity contribution in [1.82, 2.24) is 47.9 Å². The van der Waals surface area contributed by atoms with Gasteiger partial charge in [0.2, 0.25) is 0 Å². The van der Waals surface area contributed by atoms with Crippen LogP contribution in [0.25, 0.3) is 33.1 Å². The molecule has 5 aromatic heterocycles. The number of anilines is 4. The van der Waals surface area contributed by atoms with Crippen LogP contribution in [0.2, 0.25) is 0 Å². The minimum Gasteiger partial charge on any atom is -0.452 e. The first kappa shape index (κ1) is 73.8. The number of benzene rings is 4. The molecule has 558 valence electrons. The zero-order chi connectivity index (χ0) is 73.9. The summed E-state index contributed by atoms with van der Waals surface area (Å²) in [4.78, 5) is 86.9. The highest BCUT2D eigenvalue weighted by atomic mass is 19.1. The van der Waals surface area contributed by atoms with E-state index in [9.17, 15) is 33.5 Å². The molecule has 2 saturated carbocycles. The Morgan fingerprint density at radius 3 is 1.65 bits per heavy atom. The lowest BCUT2D eigenvalue weighted by Gasteiger charge is -2.34. The molecule has 2 aliphatic carbocycles. The van der Waals surface area contributed by atoms with Crippen LogP contribution in [-0.4, -0.2) is 170 Å². The van der Waals surface area contributed by atoms with Gasteiger partial charge in [-0.2, -0.15) is 5.10 Å². The number of fused-ring (bicyclic) bond motifs is 9. The molecule has 4 aromatic carbocycles. The number of aromatic nitrogens is 9. The van der Waals surface area contributed by atoms with E-state index in [0.29, 0.717) is 24.7 Å². The van der Waals surface area contributed by atoms with Gasteiger partial charge in [0, 0.05) is 137 Å². The van der Waals surface area contributed by atoms with Crippen molar-refractivity contribution in [3.8, 4) is 0 Å². The molecule has 1 saturated heterocycles. The standard InChI is InChI=1S/C30H37FN4O3.C25H34N6O3.C25H30N4O4/c1-18-6-12-23-25(34(18)30(37)38-5)14-15-27-29(23)32-28(17-20-7-13-26(33(3)4)24(31)16-20)35(27)22-10-8-21(9-11-22)19(2)36;1-18-5-6-20-21(31(18)25(32)33-3)7-8-22-24(20)27-23(9-13-29-12-4-11-26-29)30(22)15-14-28(2)19-10-16-34-17-19;1-16-6-11-19-20(28(16)25(32)33-2)12-13-21-24(19)26-22(15-27-14-4-3-5-23(27)31)29(21)17-7-9-18(30)10-8-17/h7,13-16,18,21-22H,6,8-12,17H2,1-5H3;4,7-8,11-12,18-19H,5-6,9-10,13-17H2,1-3H3;3-5,12-14,16-18,30H,6-11,15H2,1-2H3/t18-,21?,22?;18-,19-;16-,17?,18?/m000/s1. The highest BCUT2D eigenvalue weighted by molar-refractivity contribution is 5.98. The van der Waals surface area contributed by atoms with Crippen LogP contribution in [0.15, 0.2) is 102 Å². The van der Waals surface area contributed by atoms with E-state index < -0.39 is 0 Å². The average molecular weight is 1440 g/mol. The molecule has 0 bridgehead atoms. The quantitative estimate of drug-likeness (QED) is 0.0939. The second-order valence-electron chi connectivity index (χ2n) is 29.6. The minimum absolute atomic E-state index is 0.0361. The van der Waals surface area contributed by atoms with E-state index in [4.69, 9.17) is 33.9 Å². The maximum Gasteiger partial charge on any atom is 0.414 e. The fourth-order valence-electron chi connectivity index (χ4n) is 17.0. The summed E-state index contributed by atoms with van der Waals surface area (Å²) < 4.78 is 46.2. The number of aliphatic hydroxyl groups is 1.